The van der Waals surface area contributed by atoms with Crippen LogP contribution in [0.3, 0.4) is 0 Å². The SMILES string of the molecule is Cn1cc(-c2ncnc3c2CCN(Cc2cccc(C#N)c2)CC3)cn1.O=C(O)C(F)(F)F. The van der Waals surface area contributed by atoms with E-state index in [0.717, 1.165) is 49.4 Å². The number of aromatic nitrogens is 4. The Morgan fingerprint density at radius 1 is 1.24 bits per heavy atom. The van der Waals surface area contributed by atoms with Crippen molar-refractivity contribution in [3.63, 3.8) is 0 Å². The van der Waals surface area contributed by atoms with Gasteiger partial charge in [-0.25, -0.2) is 14.8 Å². The molecule has 0 fully saturated rings. The van der Waals surface area contributed by atoms with E-state index < -0.39 is 12.1 Å². The number of aryl methyl sites for hydroxylation is 1. The van der Waals surface area contributed by atoms with Crippen LogP contribution in [0.15, 0.2) is 43.0 Å². The number of carbonyl (C=O) groups is 1. The Morgan fingerprint density at radius 3 is 2.61 bits per heavy atom. The first-order chi connectivity index (χ1) is 15.7. The average molecular weight is 458 g/mol. The minimum atomic E-state index is -5.08. The number of hydrogen-bond donors (Lipinski definition) is 1. The molecule has 1 aliphatic heterocycles. The third-order valence-corrected chi connectivity index (χ3v) is 5.06. The first-order valence-corrected chi connectivity index (χ1v) is 10.0. The monoisotopic (exact) mass is 458 g/mol. The first-order valence-electron chi connectivity index (χ1n) is 10.0. The van der Waals surface area contributed by atoms with Crippen LogP contribution in [0.25, 0.3) is 11.3 Å². The lowest BCUT2D eigenvalue weighted by molar-refractivity contribution is -0.192. The van der Waals surface area contributed by atoms with Crippen molar-refractivity contribution in [1.82, 2.24) is 24.6 Å². The molecular formula is C22H21F3N6O2. The van der Waals surface area contributed by atoms with Crippen molar-refractivity contribution in [2.75, 3.05) is 13.1 Å². The lowest BCUT2D eigenvalue weighted by atomic mass is 10.0. The standard InChI is InChI=1S/C20H20N6.C2HF3O2/c1-25-13-17(11-24-25)20-18-5-7-26(8-6-19(18)22-14-23-20)12-16-4-2-3-15(9-16)10-21;3-2(4,5)1(6)7/h2-4,9,11,13-14H,5-8,12H2,1H3;(H,6,7). The Morgan fingerprint density at radius 2 is 1.97 bits per heavy atom. The quantitative estimate of drug-likeness (QED) is 0.643. The van der Waals surface area contributed by atoms with Crippen molar-refractivity contribution in [1.29, 1.82) is 5.26 Å². The van der Waals surface area contributed by atoms with Crippen LogP contribution < -0.4 is 0 Å². The van der Waals surface area contributed by atoms with E-state index in [-0.39, 0.29) is 0 Å². The van der Waals surface area contributed by atoms with Gasteiger partial charge in [-0.1, -0.05) is 12.1 Å². The summed E-state index contributed by atoms with van der Waals surface area (Å²) < 4.78 is 33.5. The van der Waals surface area contributed by atoms with E-state index in [2.05, 4.69) is 32.1 Å². The predicted molar refractivity (Wildman–Crippen MR) is 112 cm³/mol. The maximum absolute atomic E-state index is 10.6. The second-order valence-corrected chi connectivity index (χ2v) is 7.44. The number of alkyl halides is 3. The summed E-state index contributed by atoms with van der Waals surface area (Å²) in [6.45, 7) is 2.75. The number of benzene rings is 1. The maximum Gasteiger partial charge on any atom is 0.490 e. The summed E-state index contributed by atoms with van der Waals surface area (Å²) in [6, 6.07) is 10.1. The third-order valence-electron chi connectivity index (χ3n) is 5.06. The smallest absolute Gasteiger partial charge is 0.475 e. The molecule has 2 aromatic heterocycles. The molecule has 3 heterocycles. The second kappa shape index (κ2) is 10.2. The van der Waals surface area contributed by atoms with Gasteiger partial charge in [0, 0.05) is 56.1 Å². The Hall–Kier alpha value is -3.78. The van der Waals surface area contributed by atoms with Gasteiger partial charge in [0.05, 0.1) is 23.5 Å². The van der Waals surface area contributed by atoms with Crippen LogP contribution in [0.2, 0.25) is 0 Å². The molecule has 33 heavy (non-hydrogen) atoms. The Kier molecular flexibility index (Phi) is 7.40. The van der Waals surface area contributed by atoms with Crippen molar-refractivity contribution in [3.8, 4) is 17.3 Å². The van der Waals surface area contributed by atoms with Crippen LogP contribution in [-0.4, -0.2) is 55.0 Å². The molecular weight excluding hydrogens is 437 g/mol. The van der Waals surface area contributed by atoms with E-state index >= 15 is 0 Å². The van der Waals surface area contributed by atoms with Gasteiger partial charge in [0.25, 0.3) is 0 Å². The fourth-order valence-corrected chi connectivity index (χ4v) is 3.52. The van der Waals surface area contributed by atoms with Crippen LogP contribution in [0.1, 0.15) is 22.4 Å². The lowest BCUT2D eigenvalue weighted by Gasteiger charge is -2.19. The minimum absolute atomic E-state index is 0.713. The zero-order chi connectivity index (χ0) is 24.0. The molecule has 1 N–H and O–H groups in total. The number of nitrogens with zero attached hydrogens (tertiary/aromatic N) is 6. The molecule has 1 aliphatic rings. The van der Waals surface area contributed by atoms with E-state index in [1.165, 1.54) is 11.1 Å². The number of carboxylic acids is 1. The van der Waals surface area contributed by atoms with Gasteiger partial charge in [-0.2, -0.15) is 23.5 Å². The summed E-state index contributed by atoms with van der Waals surface area (Å²) in [7, 11) is 1.92. The number of aliphatic carboxylic acids is 1. The van der Waals surface area contributed by atoms with Crippen LogP contribution in [-0.2, 0) is 31.2 Å². The number of halogens is 3. The van der Waals surface area contributed by atoms with E-state index in [1.54, 1.807) is 11.0 Å². The van der Waals surface area contributed by atoms with Crippen molar-refractivity contribution in [3.05, 3.63) is 65.4 Å². The maximum atomic E-state index is 10.6. The fraction of sp³-hybridized carbons (Fsp3) is 0.318. The summed E-state index contributed by atoms with van der Waals surface area (Å²) in [5, 5.41) is 20.5. The Balaban J connectivity index is 0.000000383. The molecule has 0 saturated carbocycles. The number of fused-ring (bicyclic) bond motifs is 1. The van der Waals surface area contributed by atoms with Gasteiger partial charge in [-0.15, -0.1) is 0 Å². The van der Waals surface area contributed by atoms with Gasteiger partial charge in [-0.3, -0.25) is 9.58 Å². The van der Waals surface area contributed by atoms with Crippen molar-refractivity contribution in [2.24, 2.45) is 7.05 Å². The average Bonchev–Trinajstić information content (AvgIpc) is 3.10. The van der Waals surface area contributed by atoms with Gasteiger partial charge < -0.3 is 5.11 Å². The molecule has 0 unspecified atom stereocenters. The summed E-state index contributed by atoms with van der Waals surface area (Å²) in [5.74, 6) is -2.76. The minimum Gasteiger partial charge on any atom is -0.475 e. The van der Waals surface area contributed by atoms with Crippen LogP contribution in [0.5, 0.6) is 0 Å². The zero-order valence-corrected chi connectivity index (χ0v) is 17.7. The molecule has 0 atom stereocenters. The summed E-state index contributed by atoms with van der Waals surface area (Å²) in [4.78, 5) is 20.4. The highest BCUT2D eigenvalue weighted by molar-refractivity contribution is 5.73. The van der Waals surface area contributed by atoms with Crippen LogP contribution >= 0.6 is 0 Å². The van der Waals surface area contributed by atoms with Gasteiger partial charge >= 0.3 is 12.1 Å². The summed E-state index contributed by atoms with van der Waals surface area (Å²) in [5.41, 5.74) is 6.29. The van der Waals surface area contributed by atoms with Crippen molar-refractivity contribution >= 4 is 5.97 Å². The Labute approximate surface area is 187 Å². The van der Waals surface area contributed by atoms with Crippen LogP contribution in [0.4, 0.5) is 13.2 Å². The molecule has 172 valence electrons. The second-order valence-electron chi connectivity index (χ2n) is 7.44. The van der Waals surface area contributed by atoms with Crippen LogP contribution in [0, 0.1) is 11.3 Å². The topological polar surface area (TPSA) is 108 Å². The fourth-order valence-electron chi connectivity index (χ4n) is 3.52. The van der Waals surface area contributed by atoms with E-state index in [1.807, 2.05) is 37.6 Å². The van der Waals surface area contributed by atoms with E-state index in [4.69, 9.17) is 15.2 Å². The third kappa shape index (κ3) is 6.36. The summed E-state index contributed by atoms with van der Waals surface area (Å²) >= 11 is 0. The zero-order valence-electron chi connectivity index (χ0n) is 17.7. The highest BCUT2D eigenvalue weighted by Crippen LogP contribution is 2.25. The molecule has 11 heteroatoms. The lowest BCUT2D eigenvalue weighted by Crippen LogP contribution is -2.26. The predicted octanol–water partition coefficient (Wildman–Crippen LogP) is 2.98. The highest BCUT2D eigenvalue weighted by atomic mass is 19.4. The molecule has 8 nitrogen and oxygen atoms in total. The van der Waals surface area contributed by atoms with Gasteiger partial charge in [0.15, 0.2) is 0 Å². The molecule has 4 rings (SSSR count). The first kappa shape index (κ1) is 23.9. The Bertz CT molecular complexity index is 1170. The molecule has 0 bridgehead atoms. The van der Waals surface area contributed by atoms with E-state index in [9.17, 15) is 13.2 Å². The molecule has 1 aromatic carbocycles. The highest BCUT2D eigenvalue weighted by Gasteiger charge is 2.38. The number of carboxylic acid groups (broad SMARTS) is 1. The number of nitriles is 1. The normalized spacial score (nSPS) is 13.8. The summed E-state index contributed by atoms with van der Waals surface area (Å²) in [6.07, 6.45) is 2.26. The molecule has 3 aromatic rings. The number of rotatable bonds is 3. The molecule has 0 spiro atoms. The van der Waals surface area contributed by atoms with Crippen molar-refractivity contribution < 1.29 is 23.1 Å². The molecule has 0 amide bonds. The largest absolute Gasteiger partial charge is 0.490 e. The van der Waals surface area contributed by atoms with Gasteiger partial charge in [0.2, 0.25) is 0 Å². The van der Waals surface area contributed by atoms with Gasteiger partial charge in [-0.05, 0) is 24.1 Å². The molecule has 0 aliphatic carbocycles. The molecule has 0 radical (unpaired) electrons. The van der Waals surface area contributed by atoms with E-state index in [0.29, 0.717) is 5.56 Å². The number of hydrogen-bond acceptors (Lipinski definition) is 6. The van der Waals surface area contributed by atoms with Gasteiger partial charge in [0.1, 0.15) is 6.33 Å². The van der Waals surface area contributed by atoms with Crippen molar-refractivity contribution in [2.45, 2.75) is 25.6 Å². The molecule has 0 saturated heterocycles.